The fourth-order valence-corrected chi connectivity index (χ4v) is 2.84. The molecule has 0 saturated carbocycles. The van der Waals surface area contributed by atoms with Crippen molar-refractivity contribution in [2.24, 2.45) is 0 Å². The number of hydrogen-bond donors (Lipinski definition) is 1. The number of para-hydroxylation sites is 2. The number of fused-ring (bicyclic) bond motifs is 1. The minimum absolute atomic E-state index is 0.187. The van der Waals surface area contributed by atoms with E-state index in [9.17, 15) is 4.79 Å². The molecular formula is C22H23NO3. The summed E-state index contributed by atoms with van der Waals surface area (Å²) in [4.78, 5) is 12.7. The molecule has 4 nitrogen and oxygen atoms in total. The number of benzene rings is 3. The lowest BCUT2D eigenvalue weighted by molar-refractivity contribution is -0.122. The highest BCUT2D eigenvalue weighted by Crippen LogP contribution is 2.28. The first-order chi connectivity index (χ1) is 12.7. The van der Waals surface area contributed by atoms with Crippen LogP contribution in [0.2, 0.25) is 0 Å². The molecule has 3 aromatic carbocycles. The third-order valence-corrected chi connectivity index (χ3v) is 4.13. The topological polar surface area (TPSA) is 47.6 Å². The van der Waals surface area contributed by atoms with Crippen LogP contribution in [-0.4, -0.2) is 18.6 Å². The van der Waals surface area contributed by atoms with Crippen molar-refractivity contribution in [1.82, 2.24) is 0 Å². The Morgan fingerprint density at radius 2 is 1.62 bits per heavy atom. The average molecular weight is 349 g/mol. The maximum absolute atomic E-state index is 12.7. The number of hydrogen-bond acceptors (Lipinski definition) is 3. The van der Waals surface area contributed by atoms with E-state index in [4.69, 9.17) is 9.47 Å². The summed E-state index contributed by atoms with van der Waals surface area (Å²) in [6.45, 7) is 4.39. The van der Waals surface area contributed by atoms with Crippen molar-refractivity contribution in [3.05, 3.63) is 66.7 Å². The van der Waals surface area contributed by atoms with Gasteiger partial charge < -0.3 is 14.8 Å². The minimum atomic E-state index is -0.588. The Balaban J connectivity index is 1.79. The van der Waals surface area contributed by atoms with Crippen molar-refractivity contribution >= 4 is 22.4 Å². The van der Waals surface area contributed by atoms with Crippen molar-refractivity contribution in [2.45, 2.75) is 26.4 Å². The Morgan fingerprint density at radius 1 is 0.923 bits per heavy atom. The van der Waals surface area contributed by atoms with E-state index >= 15 is 0 Å². The van der Waals surface area contributed by atoms with E-state index in [0.717, 1.165) is 10.8 Å². The van der Waals surface area contributed by atoms with Crippen LogP contribution in [0.25, 0.3) is 10.8 Å². The maximum atomic E-state index is 12.7. The predicted molar refractivity (Wildman–Crippen MR) is 105 cm³/mol. The second-order valence-corrected chi connectivity index (χ2v) is 5.91. The van der Waals surface area contributed by atoms with Gasteiger partial charge in [-0.15, -0.1) is 0 Å². The van der Waals surface area contributed by atoms with Gasteiger partial charge in [0.1, 0.15) is 11.5 Å². The van der Waals surface area contributed by atoms with Crippen molar-refractivity contribution in [3.63, 3.8) is 0 Å². The van der Waals surface area contributed by atoms with Crippen molar-refractivity contribution in [2.75, 3.05) is 11.9 Å². The molecule has 1 unspecified atom stereocenters. The van der Waals surface area contributed by atoms with Gasteiger partial charge in [-0.05, 0) is 36.9 Å². The van der Waals surface area contributed by atoms with Gasteiger partial charge in [-0.2, -0.15) is 0 Å². The Hall–Kier alpha value is -3.01. The van der Waals surface area contributed by atoms with E-state index < -0.39 is 6.10 Å². The zero-order valence-electron chi connectivity index (χ0n) is 15.1. The first-order valence-corrected chi connectivity index (χ1v) is 8.90. The Bertz CT molecular complexity index is 886. The monoisotopic (exact) mass is 349 g/mol. The summed E-state index contributed by atoms with van der Waals surface area (Å²) in [5.74, 6) is 1.18. The first kappa shape index (κ1) is 17.8. The van der Waals surface area contributed by atoms with Crippen LogP contribution in [0.3, 0.4) is 0 Å². The second kappa shape index (κ2) is 8.39. The van der Waals surface area contributed by atoms with Gasteiger partial charge in [-0.1, -0.05) is 55.5 Å². The van der Waals surface area contributed by atoms with E-state index in [-0.39, 0.29) is 5.91 Å². The number of rotatable bonds is 7. The maximum Gasteiger partial charge on any atom is 0.265 e. The number of carbonyl (C=O) groups excluding carboxylic acids is 1. The fourth-order valence-electron chi connectivity index (χ4n) is 2.84. The number of anilines is 1. The molecule has 0 fully saturated rings. The minimum Gasteiger partial charge on any atom is -0.492 e. The lowest BCUT2D eigenvalue weighted by atomic mass is 10.1. The van der Waals surface area contributed by atoms with Gasteiger partial charge in [-0.25, -0.2) is 0 Å². The molecule has 1 amide bonds. The molecule has 0 aromatic heterocycles. The molecule has 1 N–H and O–H groups in total. The van der Waals surface area contributed by atoms with Gasteiger partial charge in [0.25, 0.3) is 5.91 Å². The fraction of sp³-hybridized carbons (Fsp3) is 0.227. The van der Waals surface area contributed by atoms with Crippen molar-refractivity contribution < 1.29 is 14.3 Å². The summed E-state index contributed by atoms with van der Waals surface area (Å²) in [6.07, 6.45) is -0.0261. The largest absolute Gasteiger partial charge is 0.492 e. The summed E-state index contributed by atoms with van der Waals surface area (Å²) in [6, 6.07) is 21.3. The van der Waals surface area contributed by atoms with E-state index in [1.807, 2.05) is 80.6 Å². The van der Waals surface area contributed by atoms with Gasteiger partial charge in [-0.3, -0.25) is 4.79 Å². The lowest BCUT2D eigenvalue weighted by Crippen LogP contribution is -2.32. The molecule has 0 aliphatic carbocycles. The van der Waals surface area contributed by atoms with Crippen LogP contribution in [0.15, 0.2) is 66.7 Å². The number of ether oxygens (including phenoxy) is 2. The van der Waals surface area contributed by atoms with Crippen LogP contribution < -0.4 is 14.8 Å². The highest BCUT2D eigenvalue weighted by atomic mass is 16.5. The van der Waals surface area contributed by atoms with E-state index in [2.05, 4.69) is 5.32 Å². The van der Waals surface area contributed by atoms with Crippen LogP contribution in [0.5, 0.6) is 11.5 Å². The molecule has 0 aliphatic heterocycles. The molecule has 0 spiro atoms. The third kappa shape index (κ3) is 3.97. The zero-order chi connectivity index (χ0) is 18.4. The van der Waals surface area contributed by atoms with Crippen molar-refractivity contribution in [3.8, 4) is 11.5 Å². The molecule has 4 heteroatoms. The molecule has 3 rings (SSSR count). The summed E-state index contributed by atoms with van der Waals surface area (Å²) < 4.78 is 11.6. The highest BCUT2D eigenvalue weighted by Gasteiger charge is 2.20. The number of amides is 1. The number of carbonyl (C=O) groups is 1. The highest BCUT2D eigenvalue weighted by molar-refractivity contribution is 5.96. The van der Waals surface area contributed by atoms with Gasteiger partial charge in [0.15, 0.2) is 6.10 Å². The molecular weight excluding hydrogens is 326 g/mol. The number of nitrogens with one attached hydrogen (secondary N) is 1. The third-order valence-electron chi connectivity index (χ3n) is 4.13. The van der Waals surface area contributed by atoms with E-state index in [0.29, 0.717) is 30.2 Å². The molecule has 26 heavy (non-hydrogen) atoms. The van der Waals surface area contributed by atoms with Gasteiger partial charge in [0.05, 0.1) is 12.3 Å². The average Bonchev–Trinajstić information content (AvgIpc) is 2.67. The summed E-state index contributed by atoms with van der Waals surface area (Å²) in [5.41, 5.74) is 0.652. The SMILES string of the molecule is CCOc1ccccc1NC(=O)C(CC)Oc1cccc2ccccc12. The lowest BCUT2D eigenvalue weighted by Gasteiger charge is -2.19. The standard InChI is InChI=1S/C22H23NO3/c1-3-19(22(24)23-18-13-7-8-14-21(18)25-4-2)26-20-15-9-11-16-10-5-6-12-17(16)20/h5-15,19H,3-4H2,1-2H3,(H,23,24). The summed E-state index contributed by atoms with van der Waals surface area (Å²) >= 11 is 0. The van der Waals surface area contributed by atoms with Gasteiger partial charge in [0.2, 0.25) is 0 Å². The molecule has 1 atom stereocenters. The van der Waals surface area contributed by atoms with Gasteiger partial charge >= 0.3 is 0 Å². The van der Waals surface area contributed by atoms with Crippen LogP contribution in [0.1, 0.15) is 20.3 Å². The Kier molecular flexibility index (Phi) is 5.74. The molecule has 0 bridgehead atoms. The normalized spacial score (nSPS) is 11.8. The Labute approximate surface area is 153 Å². The Morgan fingerprint density at radius 3 is 2.42 bits per heavy atom. The van der Waals surface area contributed by atoms with Gasteiger partial charge in [0, 0.05) is 5.39 Å². The summed E-state index contributed by atoms with van der Waals surface area (Å²) in [7, 11) is 0. The second-order valence-electron chi connectivity index (χ2n) is 5.91. The first-order valence-electron chi connectivity index (χ1n) is 8.90. The molecule has 0 saturated heterocycles. The van der Waals surface area contributed by atoms with Crippen LogP contribution in [0.4, 0.5) is 5.69 Å². The van der Waals surface area contributed by atoms with Crippen LogP contribution in [0, 0.1) is 0 Å². The van der Waals surface area contributed by atoms with Crippen molar-refractivity contribution in [1.29, 1.82) is 0 Å². The van der Waals surface area contributed by atoms with Crippen LogP contribution >= 0.6 is 0 Å². The van der Waals surface area contributed by atoms with E-state index in [1.165, 1.54) is 0 Å². The zero-order valence-corrected chi connectivity index (χ0v) is 15.1. The van der Waals surface area contributed by atoms with Crippen LogP contribution in [-0.2, 0) is 4.79 Å². The predicted octanol–water partition coefficient (Wildman–Crippen LogP) is 5.03. The molecule has 0 radical (unpaired) electrons. The smallest absolute Gasteiger partial charge is 0.265 e. The quantitative estimate of drug-likeness (QED) is 0.650. The molecule has 3 aromatic rings. The molecule has 0 aliphatic rings. The summed E-state index contributed by atoms with van der Waals surface area (Å²) in [5, 5.41) is 5.01. The molecule has 134 valence electrons. The van der Waals surface area contributed by atoms with E-state index in [1.54, 1.807) is 0 Å². The molecule has 0 heterocycles.